The summed E-state index contributed by atoms with van der Waals surface area (Å²) >= 11 is 0. The highest BCUT2D eigenvalue weighted by Crippen LogP contribution is 2.39. The van der Waals surface area contributed by atoms with E-state index in [-0.39, 0.29) is 29.9 Å². The van der Waals surface area contributed by atoms with Crippen LogP contribution in [-0.4, -0.2) is 34.6 Å². The molecule has 1 aromatic carbocycles. The maximum absolute atomic E-state index is 13.3. The van der Waals surface area contributed by atoms with Gasteiger partial charge in [0.15, 0.2) is 0 Å². The van der Waals surface area contributed by atoms with E-state index in [0.29, 0.717) is 25.2 Å². The van der Waals surface area contributed by atoms with E-state index < -0.39 is 35.2 Å². The van der Waals surface area contributed by atoms with Crippen LogP contribution in [0, 0.1) is 0 Å². The van der Waals surface area contributed by atoms with Crippen molar-refractivity contribution in [1.29, 1.82) is 0 Å². The molecule has 0 saturated heterocycles. The van der Waals surface area contributed by atoms with Gasteiger partial charge >= 0.3 is 12.4 Å². The molecule has 0 saturated carbocycles. The quantitative estimate of drug-likeness (QED) is 0.544. The molecule has 0 bridgehead atoms. The van der Waals surface area contributed by atoms with Crippen molar-refractivity contribution >= 4 is 23.3 Å². The molecule has 0 radical (unpaired) electrons. The maximum atomic E-state index is 13.3. The van der Waals surface area contributed by atoms with Crippen LogP contribution in [-0.2, 0) is 12.4 Å². The summed E-state index contributed by atoms with van der Waals surface area (Å²) in [5.41, 5.74) is -3.73. The van der Waals surface area contributed by atoms with Gasteiger partial charge in [-0.15, -0.1) is 12.4 Å². The molecule has 0 aliphatic carbocycles. The Hall–Kier alpha value is -1.58. The number of aromatic nitrogens is 1. The van der Waals surface area contributed by atoms with Crippen molar-refractivity contribution in [1.82, 2.24) is 9.88 Å². The van der Waals surface area contributed by atoms with Gasteiger partial charge in [-0.1, -0.05) is 26.0 Å². The highest BCUT2D eigenvalue weighted by atomic mass is 35.5. The molecule has 0 spiro atoms. The Kier molecular flexibility index (Phi) is 8.74. The standard InChI is InChI=1S/C19H22F6N2O.ClH/c1-3-8-27(9-4-2)11-15(28)13-10-16(19(23,24)25)26-17-12(13)6-5-7-14(17)18(20,21)22;/h5-7,10,15,28H,3-4,8-9,11H2,1-2H3;1H. The molecule has 0 aliphatic heterocycles. The SMILES string of the molecule is CCCN(CCC)CC(O)c1cc(C(F)(F)F)nc2c(C(F)(F)F)cccc12.Cl. The monoisotopic (exact) mass is 444 g/mol. The lowest BCUT2D eigenvalue weighted by atomic mass is 9.99. The normalized spacial score (nSPS) is 13.6. The molecule has 1 unspecified atom stereocenters. The fourth-order valence-electron chi connectivity index (χ4n) is 3.19. The van der Waals surface area contributed by atoms with Gasteiger partial charge in [0.1, 0.15) is 5.69 Å². The van der Waals surface area contributed by atoms with Gasteiger partial charge in [-0.05, 0) is 43.6 Å². The number of benzene rings is 1. The smallest absolute Gasteiger partial charge is 0.387 e. The zero-order valence-electron chi connectivity index (χ0n) is 15.9. The molecule has 10 heteroatoms. The van der Waals surface area contributed by atoms with E-state index in [1.165, 1.54) is 6.07 Å². The van der Waals surface area contributed by atoms with Crippen molar-refractivity contribution in [3.8, 4) is 0 Å². The van der Waals surface area contributed by atoms with Gasteiger partial charge in [0.2, 0.25) is 0 Å². The molecule has 0 amide bonds. The minimum absolute atomic E-state index is 0. The zero-order chi connectivity index (χ0) is 21.1. The third-order valence-electron chi connectivity index (χ3n) is 4.34. The van der Waals surface area contributed by atoms with Crippen LogP contribution in [0.25, 0.3) is 10.9 Å². The molecule has 2 rings (SSSR count). The van der Waals surface area contributed by atoms with Crippen molar-refractivity contribution in [2.75, 3.05) is 19.6 Å². The van der Waals surface area contributed by atoms with Gasteiger partial charge in [-0.25, -0.2) is 4.98 Å². The van der Waals surface area contributed by atoms with E-state index in [0.717, 1.165) is 18.9 Å². The van der Waals surface area contributed by atoms with Gasteiger partial charge < -0.3 is 10.0 Å². The van der Waals surface area contributed by atoms with Crippen molar-refractivity contribution in [3.05, 3.63) is 41.1 Å². The molecule has 2 aromatic rings. The highest BCUT2D eigenvalue weighted by molar-refractivity contribution is 5.86. The van der Waals surface area contributed by atoms with Crippen LogP contribution in [0.4, 0.5) is 26.3 Å². The second-order valence-corrected chi connectivity index (χ2v) is 6.61. The summed E-state index contributed by atoms with van der Waals surface area (Å²) in [6.45, 7) is 5.11. The first kappa shape index (κ1) is 25.5. The summed E-state index contributed by atoms with van der Waals surface area (Å²) in [5.74, 6) is 0. The number of rotatable bonds is 7. The van der Waals surface area contributed by atoms with Crippen molar-refractivity contribution in [2.24, 2.45) is 0 Å². The molecule has 1 heterocycles. The van der Waals surface area contributed by atoms with Crippen LogP contribution in [0.15, 0.2) is 24.3 Å². The predicted molar refractivity (Wildman–Crippen MR) is 101 cm³/mol. The van der Waals surface area contributed by atoms with Gasteiger partial charge in [0.05, 0.1) is 17.2 Å². The van der Waals surface area contributed by atoms with E-state index in [1.54, 1.807) is 0 Å². The largest absolute Gasteiger partial charge is 0.433 e. The summed E-state index contributed by atoms with van der Waals surface area (Å²) in [7, 11) is 0. The Labute approximate surface area is 171 Å². The van der Waals surface area contributed by atoms with Crippen LogP contribution in [0.2, 0.25) is 0 Å². The average Bonchev–Trinajstić information content (AvgIpc) is 2.59. The van der Waals surface area contributed by atoms with E-state index >= 15 is 0 Å². The first-order chi connectivity index (χ1) is 13.0. The lowest BCUT2D eigenvalue weighted by Gasteiger charge is -2.25. The molecule has 0 fully saturated rings. The second-order valence-electron chi connectivity index (χ2n) is 6.61. The number of hydrogen-bond acceptors (Lipinski definition) is 3. The maximum Gasteiger partial charge on any atom is 0.433 e. The van der Waals surface area contributed by atoms with Gasteiger partial charge in [-0.3, -0.25) is 0 Å². The summed E-state index contributed by atoms with van der Waals surface area (Å²) < 4.78 is 79.7. The molecule has 29 heavy (non-hydrogen) atoms. The van der Waals surface area contributed by atoms with Gasteiger partial charge in [-0.2, -0.15) is 26.3 Å². The Morgan fingerprint density at radius 1 is 1.00 bits per heavy atom. The molecular weight excluding hydrogens is 422 g/mol. The number of para-hydroxylation sites is 1. The Balaban J connectivity index is 0.00000420. The summed E-state index contributed by atoms with van der Waals surface area (Å²) in [6, 6.07) is 3.68. The van der Waals surface area contributed by atoms with E-state index in [1.807, 2.05) is 18.7 Å². The third kappa shape index (κ3) is 6.20. The van der Waals surface area contributed by atoms with Crippen LogP contribution >= 0.6 is 12.4 Å². The first-order valence-corrected chi connectivity index (χ1v) is 8.97. The first-order valence-electron chi connectivity index (χ1n) is 8.97. The fraction of sp³-hybridized carbons (Fsp3) is 0.526. The van der Waals surface area contributed by atoms with Gasteiger partial charge in [0.25, 0.3) is 0 Å². The molecule has 3 nitrogen and oxygen atoms in total. The number of aliphatic hydroxyl groups is 1. The molecule has 1 N–H and O–H groups in total. The van der Waals surface area contributed by atoms with E-state index in [4.69, 9.17) is 0 Å². The van der Waals surface area contributed by atoms with Gasteiger partial charge in [0, 0.05) is 11.9 Å². The second kappa shape index (κ2) is 9.95. The van der Waals surface area contributed by atoms with Crippen LogP contribution < -0.4 is 0 Å². The molecule has 1 aromatic heterocycles. The van der Waals surface area contributed by atoms with Crippen LogP contribution in [0.1, 0.15) is 49.6 Å². The van der Waals surface area contributed by atoms with E-state index in [9.17, 15) is 31.4 Å². The summed E-state index contributed by atoms with van der Waals surface area (Å²) in [5, 5.41) is 10.5. The lowest BCUT2D eigenvalue weighted by Crippen LogP contribution is -2.30. The third-order valence-corrected chi connectivity index (χ3v) is 4.34. The number of alkyl halides is 6. The number of pyridine rings is 1. The molecular formula is C19H23ClF6N2O. The molecule has 1 atom stereocenters. The predicted octanol–water partition coefficient (Wildman–Crippen LogP) is 5.85. The number of aliphatic hydroxyl groups excluding tert-OH is 1. The Morgan fingerprint density at radius 3 is 2.07 bits per heavy atom. The number of halogens is 7. The Bertz CT molecular complexity index is 804. The topological polar surface area (TPSA) is 36.4 Å². The minimum atomic E-state index is -4.94. The molecule has 0 aliphatic rings. The van der Waals surface area contributed by atoms with Crippen LogP contribution in [0.3, 0.4) is 0 Å². The van der Waals surface area contributed by atoms with Crippen LogP contribution in [0.5, 0.6) is 0 Å². The number of fused-ring (bicyclic) bond motifs is 1. The van der Waals surface area contributed by atoms with Crippen molar-refractivity contribution in [2.45, 2.75) is 45.1 Å². The Morgan fingerprint density at radius 2 is 1.59 bits per heavy atom. The molecule has 164 valence electrons. The average molecular weight is 445 g/mol. The number of nitrogens with zero attached hydrogens (tertiary/aromatic N) is 2. The zero-order valence-corrected chi connectivity index (χ0v) is 16.8. The van der Waals surface area contributed by atoms with E-state index in [2.05, 4.69) is 4.98 Å². The summed E-state index contributed by atoms with van der Waals surface area (Å²) in [4.78, 5) is 5.11. The highest BCUT2D eigenvalue weighted by Gasteiger charge is 2.38. The lowest BCUT2D eigenvalue weighted by molar-refractivity contribution is -0.142. The fourth-order valence-corrected chi connectivity index (χ4v) is 3.19. The number of hydrogen-bond donors (Lipinski definition) is 1. The summed E-state index contributed by atoms with van der Waals surface area (Å²) in [6.07, 6.45) is -9.64. The van der Waals surface area contributed by atoms with Crippen molar-refractivity contribution < 1.29 is 31.4 Å². The van der Waals surface area contributed by atoms with Crippen molar-refractivity contribution in [3.63, 3.8) is 0 Å². The minimum Gasteiger partial charge on any atom is -0.387 e.